The van der Waals surface area contributed by atoms with Gasteiger partial charge in [0.05, 0.1) is 0 Å². The molecule has 0 spiro atoms. The van der Waals surface area contributed by atoms with E-state index in [0.717, 1.165) is 94.7 Å². The average Bonchev–Trinajstić information content (AvgIpc) is 3.56. The van der Waals surface area contributed by atoms with E-state index in [2.05, 4.69) is 13.8 Å². The first-order valence-corrected chi connectivity index (χ1v) is 22.7. The Balaban J connectivity index is 0.960. The Labute approximate surface area is 287 Å². The SMILES string of the molecule is CC1CC1C1C(C2CCCC2)CCCC1C1CCC(C2CCCCCC(C3CCCC4CCCCC43)C(C)C3CCCCC23)CC1. The highest BCUT2D eigenvalue weighted by atomic mass is 14.6. The molecule has 0 bridgehead atoms. The highest BCUT2D eigenvalue weighted by Crippen LogP contribution is 2.60. The quantitative estimate of drug-likeness (QED) is 0.283. The lowest BCUT2D eigenvalue weighted by Gasteiger charge is -2.52. The van der Waals surface area contributed by atoms with Crippen molar-refractivity contribution in [2.75, 3.05) is 0 Å². The average molecular weight is 631 g/mol. The summed E-state index contributed by atoms with van der Waals surface area (Å²) in [6.07, 6.45) is 44.4. The minimum absolute atomic E-state index is 1.00. The van der Waals surface area contributed by atoms with Crippen molar-refractivity contribution in [1.82, 2.24) is 0 Å². The normalized spacial score (nSPS) is 51.1. The van der Waals surface area contributed by atoms with Gasteiger partial charge in [-0.1, -0.05) is 110 Å². The molecule has 0 N–H and O–H groups in total. The molecule has 0 amide bonds. The van der Waals surface area contributed by atoms with Crippen molar-refractivity contribution >= 4 is 0 Å². The van der Waals surface area contributed by atoms with Crippen LogP contribution in [0, 0.1) is 94.7 Å². The molecule has 262 valence electrons. The molecule has 0 saturated heterocycles. The van der Waals surface area contributed by atoms with Gasteiger partial charge in [0.15, 0.2) is 0 Å². The second kappa shape index (κ2) is 15.1. The van der Waals surface area contributed by atoms with Gasteiger partial charge < -0.3 is 0 Å². The lowest BCUT2D eigenvalue weighted by Crippen LogP contribution is -2.43. The first-order valence-electron chi connectivity index (χ1n) is 22.7. The molecule has 0 heteroatoms. The van der Waals surface area contributed by atoms with Gasteiger partial charge in [0, 0.05) is 0 Å². The van der Waals surface area contributed by atoms with Crippen LogP contribution >= 0.6 is 0 Å². The molecular formula is C46H78. The monoisotopic (exact) mass is 631 g/mol. The van der Waals surface area contributed by atoms with E-state index in [1.54, 1.807) is 180 Å². The molecule has 13 unspecified atom stereocenters. The van der Waals surface area contributed by atoms with Crippen LogP contribution in [0.2, 0.25) is 0 Å². The Kier molecular flexibility index (Phi) is 10.9. The van der Waals surface area contributed by atoms with E-state index in [1.807, 2.05) is 0 Å². The molecule has 46 heavy (non-hydrogen) atoms. The molecule has 8 aliphatic rings. The van der Waals surface area contributed by atoms with Gasteiger partial charge in [-0.2, -0.15) is 0 Å². The highest BCUT2D eigenvalue weighted by Gasteiger charge is 2.52. The van der Waals surface area contributed by atoms with Crippen LogP contribution in [0.15, 0.2) is 0 Å². The zero-order chi connectivity index (χ0) is 31.0. The maximum atomic E-state index is 2.85. The summed E-state index contributed by atoms with van der Waals surface area (Å²) in [6, 6.07) is 0. The van der Waals surface area contributed by atoms with Crippen LogP contribution in [-0.2, 0) is 0 Å². The van der Waals surface area contributed by atoms with Crippen LogP contribution in [0.25, 0.3) is 0 Å². The van der Waals surface area contributed by atoms with Gasteiger partial charge >= 0.3 is 0 Å². The maximum absolute atomic E-state index is 2.85. The largest absolute Gasteiger partial charge is 0.0622 e. The number of rotatable bonds is 5. The standard InChI is InChI=1S/C46H78/c1-31-30-45(31)46-41(34-15-6-7-16-34)23-13-24-42(46)36-28-26-35(27-29-36)40-20-5-3-4-18-37(32(2)38-19-10-11-22-43(38)40)44-25-12-17-33-14-8-9-21-39(33)44/h31-46H,3-30H2,1-2H3. The molecule has 8 rings (SSSR count). The predicted octanol–water partition coefficient (Wildman–Crippen LogP) is 13.9. The van der Waals surface area contributed by atoms with Crippen LogP contribution in [0.3, 0.4) is 0 Å². The summed E-state index contributed by atoms with van der Waals surface area (Å²) >= 11 is 0. The summed E-state index contributed by atoms with van der Waals surface area (Å²) in [7, 11) is 0. The molecule has 0 aromatic rings. The van der Waals surface area contributed by atoms with Crippen LogP contribution in [0.1, 0.15) is 194 Å². The van der Waals surface area contributed by atoms with Crippen molar-refractivity contribution < 1.29 is 0 Å². The second-order valence-electron chi connectivity index (χ2n) is 20.2. The zero-order valence-electron chi connectivity index (χ0n) is 31.0. The maximum Gasteiger partial charge on any atom is -0.0321 e. The molecule has 0 nitrogen and oxygen atoms in total. The summed E-state index contributed by atoms with van der Waals surface area (Å²) in [4.78, 5) is 0. The van der Waals surface area contributed by atoms with Crippen molar-refractivity contribution in [2.24, 2.45) is 94.7 Å². The lowest BCUT2D eigenvalue weighted by atomic mass is 9.54. The number of fused-ring (bicyclic) bond motifs is 2. The first-order chi connectivity index (χ1) is 22.7. The Bertz CT molecular complexity index is 934. The van der Waals surface area contributed by atoms with Gasteiger partial charge in [-0.05, 0) is 178 Å². The third-order valence-corrected chi connectivity index (χ3v) is 18.3. The fraction of sp³-hybridized carbons (Fsp3) is 1.00. The Morgan fingerprint density at radius 3 is 1.13 bits per heavy atom. The fourth-order valence-corrected chi connectivity index (χ4v) is 16.1. The van der Waals surface area contributed by atoms with Crippen molar-refractivity contribution in [3.63, 3.8) is 0 Å². The highest BCUT2D eigenvalue weighted by molar-refractivity contribution is 5.01. The van der Waals surface area contributed by atoms with Crippen molar-refractivity contribution in [3.05, 3.63) is 0 Å². The molecule has 8 saturated carbocycles. The minimum Gasteiger partial charge on any atom is -0.0622 e. The summed E-state index contributed by atoms with van der Waals surface area (Å²) in [5, 5.41) is 0. The van der Waals surface area contributed by atoms with Gasteiger partial charge in [-0.3, -0.25) is 0 Å². The van der Waals surface area contributed by atoms with Crippen molar-refractivity contribution in [1.29, 1.82) is 0 Å². The first kappa shape index (κ1) is 33.2. The van der Waals surface area contributed by atoms with E-state index in [1.165, 1.54) is 0 Å². The van der Waals surface area contributed by atoms with Gasteiger partial charge in [0.1, 0.15) is 0 Å². The van der Waals surface area contributed by atoms with Crippen molar-refractivity contribution in [2.45, 2.75) is 194 Å². The van der Waals surface area contributed by atoms with Gasteiger partial charge in [-0.15, -0.1) is 0 Å². The summed E-state index contributed by atoms with van der Waals surface area (Å²) in [6.45, 7) is 5.46. The number of hydrogen-bond acceptors (Lipinski definition) is 0. The van der Waals surface area contributed by atoms with Crippen molar-refractivity contribution in [3.8, 4) is 0 Å². The van der Waals surface area contributed by atoms with Crippen LogP contribution in [0.5, 0.6) is 0 Å². The topological polar surface area (TPSA) is 0 Å². The van der Waals surface area contributed by atoms with Gasteiger partial charge in [0.2, 0.25) is 0 Å². The molecule has 0 aliphatic heterocycles. The molecule has 0 heterocycles. The molecule has 8 aliphatic carbocycles. The summed E-state index contributed by atoms with van der Waals surface area (Å²) in [5.74, 6) is 17.4. The van der Waals surface area contributed by atoms with E-state index in [0.29, 0.717) is 0 Å². The van der Waals surface area contributed by atoms with Crippen LogP contribution in [-0.4, -0.2) is 0 Å². The molecule has 0 aromatic carbocycles. The van der Waals surface area contributed by atoms with E-state index >= 15 is 0 Å². The predicted molar refractivity (Wildman–Crippen MR) is 196 cm³/mol. The zero-order valence-corrected chi connectivity index (χ0v) is 31.0. The van der Waals surface area contributed by atoms with E-state index < -0.39 is 0 Å². The molecule has 13 atom stereocenters. The van der Waals surface area contributed by atoms with E-state index in [9.17, 15) is 0 Å². The lowest BCUT2D eigenvalue weighted by molar-refractivity contribution is -0.0212. The third-order valence-electron chi connectivity index (χ3n) is 18.3. The van der Waals surface area contributed by atoms with E-state index in [4.69, 9.17) is 0 Å². The number of hydrogen-bond donors (Lipinski definition) is 0. The van der Waals surface area contributed by atoms with E-state index in [-0.39, 0.29) is 0 Å². The second-order valence-corrected chi connectivity index (χ2v) is 20.2. The smallest absolute Gasteiger partial charge is 0.0321 e. The Morgan fingerprint density at radius 1 is 0.261 bits per heavy atom. The Morgan fingerprint density at radius 2 is 0.587 bits per heavy atom. The van der Waals surface area contributed by atoms with Gasteiger partial charge in [0.25, 0.3) is 0 Å². The van der Waals surface area contributed by atoms with Crippen LogP contribution in [0.4, 0.5) is 0 Å². The fourth-order valence-electron chi connectivity index (χ4n) is 16.1. The van der Waals surface area contributed by atoms with Gasteiger partial charge in [-0.25, -0.2) is 0 Å². The summed E-state index contributed by atoms with van der Waals surface area (Å²) in [5.41, 5.74) is 0. The minimum atomic E-state index is 1.00. The third kappa shape index (κ3) is 6.85. The molecule has 0 radical (unpaired) electrons. The molecule has 8 fully saturated rings. The molecular weight excluding hydrogens is 553 g/mol. The Hall–Kier alpha value is 0. The summed E-state index contributed by atoms with van der Waals surface area (Å²) < 4.78 is 0. The molecule has 0 aromatic heterocycles. The van der Waals surface area contributed by atoms with Crippen LogP contribution < -0.4 is 0 Å².